The van der Waals surface area contributed by atoms with E-state index in [4.69, 9.17) is 23.8 Å². The van der Waals surface area contributed by atoms with Crippen LogP contribution >= 0.6 is 0 Å². The fourth-order valence-electron chi connectivity index (χ4n) is 7.46. The molecule has 0 saturated carbocycles. The Labute approximate surface area is 285 Å². The molecule has 0 amide bonds. The van der Waals surface area contributed by atoms with Crippen LogP contribution in [0.1, 0.15) is 0 Å². The Balaban J connectivity index is 1.09. The summed E-state index contributed by atoms with van der Waals surface area (Å²) in [6.45, 7) is 0. The van der Waals surface area contributed by atoms with Crippen molar-refractivity contribution in [3.05, 3.63) is 152 Å². The summed E-state index contributed by atoms with van der Waals surface area (Å²) < 4.78 is 12.6. The van der Waals surface area contributed by atoms with Crippen molar-refractivity contribution in [1.82, 2.24) is 15.0 Å². The summed E-state index contributed by atoms with van der Waals surface area (Å²) in [5.41, 5.74) is 8.02. The van der Waals surface area contributed by atoms with Gasteiger partial charge >= 0.3 is 0 Å². The highest BCUT2D eigenvalue weighted by atomic mass is 16.4. The molecule has 0 saturated heterocycles. The first-order chi connectivity index (χ1) is 24.7. The Morgan fingerprint density at radius 3 is 1.94 bits per heavy atom. The van der Waals surface area contributed by atoms with Gasteiger partial charge in [-0.15, -0.1) is 0 Å². The van der Waals surface area contributed by atoms with Crippen LogP contribution in [0.25, 0.3) is 110 Å². The number of aromatic nitrogens is 3. The summed E-state index contributed by atoms with van der Waals surface area (Å²) >= 11 is 0. The summed E-state index contributed by atoms with van der Waals surface area (Å²) in [5.74, 6) is 1.30. The molecule has 0 radical (unpaired) electrons. The van der Waals surface area contributed by atoms with Gasteiger partial charge in [0.25, 0.3) is 0 Å². The minimum Gasteiger partial charge on any atom is -0.456 e. The third-order valence-electron chi connectivity index (χ3n) is 9.87. The molecule has 0 fully saturated rings. The largest absolute Gasteiger partial charge is 0.456 e. The summed E-state index contributed by atoms with van der Waals surface area (Å²) in [4.78, 5) is 15.3. The number of rotatable bonds is 3. The fraction of sp³-hybridized carbons (Fsp3) is 0. The van der Waals surface area contributed by atoms with Crippen LogP contribution in [-0.2, 0) is 0 Å². The number of fused-ring (bicyclic) bond motifs is 11. The van der Waals surface area contributed by atoms with Gasteiger partial charge in [-0.05, 0) is 75.5 Å². The molecule has 232 valence electrons. The topological polar surface area (TPSA) is 65.0 Å². The molecule has 0 aliphatic carbocycles. The Morgan fingerprint density at radius 2 is 1.08 bits per heavy atom. The molecule has 5 heteroatoms. The zero-order chi connectivity index (χ0) is 32.8. The third kappa shape index (κ3) is 4.04. The number of hydrogen-bond donors (Lipinski definition) is 0. The molecule has 3 heterocycles. The molecule has 0 spiro atoms. The first-order valence-corrected chi connectivity index (χ1v) is 16.7. The summed E-state index contributed by atoms with van der Waals surface area (Å²) in [6.07, 6.45) is 0. The second-order valence-corrected chi connectivity index (χ2v) is 12.8. The number of furan rings is 1. The molecule has 50 heavy (non-hydrogen) atoms. The van der Waals surface area contributed by atoms with Crippen LogP contribution in [0.15, 0.2) is 160 Å². The van der Waals surface area contributed by atoms with E-state index in [-0.39, 0.29) is 0 Å². The monoisotopic (exact) mass is 639 g/mol. The molecular formula is C45H25N3O2. The lowest BCUT2D eigenvalue weighted by atomic mass is 9.97. The molecule has 11 rings (SSSR count). The zero-order valence-corrected chi connectivity index (χ0v) is 26.6. The third-order valence-corrected chi connectivity index (χ3v) is 9.87. The lowest BCUT2D eigenvalue weighted by Gasteiger charge is -2.12. The van der Waals surface area contributed by atoms with E-state index in [1.165, 1.54) is 0 Å². The molecule has 11 aromatic rings. The zero-order valence-electron chi connectivity index (χ0n) is 26.6. The maximum absolute atomic E-state index is 6.46. The Hall–Kier alpha value is -6.85. The van der Waals surface area contributed by atoms with Gasteiger partial charge in [-0.1, -0.05) is 103 Å². The van der Waals surface area contributed by atoms with E-state index in [2.05, 4.69) is 103 Å². The predicted octanol–water partition coefficient (Wildman–Crippen LogP) is 12.1. The highest BCUT2D eigenvalue weighted by Gasteiger charge is 2.18. The van der Waals surface area contributed by atoms with E-state index < -0.39 is 0 Å². The molecule has 0 unspecified atom stereocenters. The number of hydrogen-bond acceptors (Lipinski definition) is 5. The smallest absolute Gasteiger partial charge is 0.227 e. The van der Waals surface area contributed by atoms with Crippen molar-refractivity contribution in [3.63, 3.8) is 0 Å². The van der Waals surface area contributed by atoms with Crippen molar-refractivity contribution in [2.24, 2.45) is 0 Å². The van der Waals surface area contributed by atoms with Crippen LogP contribution in [-0.4, -0.2) is 15.0 Å². The van der Waals surface area contributed by atoms with Gasteiger partial charge in [0.05, 0.1) is 16.6 Å². The molecule has 0 atom stereocenters. The number of nitrogens with zero attached hydrogens (tertiary/aromatic N) is 3. The van der Waals surface area contributed by atoms with Crippen molar-refractivity contribution in [2.75, 3.05) is 0 Å². The van der Waals surface area contributed by atoms with Crippen LogP contribution in [0.3, 0.4) is 0 Å². The normalized spacial score (nSPS) is 12.0. The van der Waals surface area contributed by atoms with Gasteiger partial charge in [0.1, 0.15) is 16.7 Å². The molecule has 5 nitrogen and oxygen atoms in total. The standard InChI is InChI=1S/C45H25N3O2/c1-3-10-27(11-4-1)41-34-20-17-26-9-7-8-14-33(26)42(34)47-44(46-41)31-18-19-32-29(23-31)15-16-30-24-36-39(25-35(30)32)49-37-21-22-38-43(40(36)37)48-45(50-38)28-12-5-2-6-13-28/h1-25H. The maximum Gasteiger partial charge on any atom is 0.227 e. The highest BCUT2D eigenvalue weighted by Crippen LogP contribution is 2.40. The minimum atomic E-state index is 0.601. The maximum atomic E-state index is 6.46. The van der Waals surface area contributed by atoms with Crippen LogP contribution < -0.4 is 0 Å². The van der Waals surface area contributed by atoms with Gasteiger partial charge in [0.2, 0.25) is 5.89 Å². The fourth-order valence-corrected chi connectivity index (χ4v) is 7.46. The second-order valence-electron chi connectivity index (χ2n) is 12.8. The van der Waals surface area contributed by atoms with E-state index in [1.54, 1.807) is 0 Å². The first-order valence-electron chi connectivity index (χ1n) is 16.7. The average molecular weight is 640 g/mol. The van der Waals surface area contributed by atoms with Crippen LogP contribution in [0.5, 0.6) is 0 Å². The van der Waals surface area contributed by atoms with E-state index in [0.29, 0.717) is 11.7 Å². The SMILES string of the molecule is c1ccc(-c2nc3c(ccc4oc5cc6c(ccc7cc(-c8nc(-c9ccccc9)c9ccc%10ccccc%10c9n8)ccc76)cc5c43)o2)cc1. The van der Waals surface area contributed by atoms with Gasteiger partial charge < -0.3 is 8.83 Å². The van der Waals surface area contributed by atoms with Gasteiger partial charge in [-0.2, -0.15) is 0 Å². The van der Waals surface area contributed by atoms with Crippen molar-refractivity contribution < 1.29 is 8.83 Å². The van der Waals surface area contributed by atoms with Crippen molar-refractivity contribution in [2.45, 2.75) is 0 Å². The van der Waals surface area contributed by atoms with Gasteiger partial charge in [0, 0.05) is 32.8 Å². The van der Waals surface area contributed by atoms with E-state index >= 15 is 0 Å². The molecule has 0 N–H and O–H groups in total. The molecule has 0 aliphatic rings. The van der Waals surface area contributed by atoms with Crippen LogP contribution in [0, 0.1) is 0 Å². The first kappa shape index (κ1) is 27.1. The summed E-state index contributed by atoms with van der Waals surface area (Å²) in [5, 5.41) is 9.81. The number of benzene rings is 8. The quantitative estimate of drug-likeness (QED) is 0.180. The Kier molecular flexibility index (Phi) is 5.60. The lowest BCUT2D eigenvalue weighted by Crippen LogP contribution is -1.96. The summed E-state index contributed by atoms with van der Waals surface area (Å²) in [6, 6.07) is 52.2. The van der Waals surface area contributed by atoms with Crippen LogP contribution in [0.4, 0.5) is 0 Å². The van der Waals surface area contributed by atoms with Crippen molar-refractivity contribution >= 4 is 76.3 Å². The average Bonchev–Trinajstić information content (AvgIpc) is 3.78. The van der Waals surface area contributed by atoms with Crippen molar-refractivity contribution in [1.29, 1.82) is 0 Å². The molecular weight excluding hydrogens is 615 g/mol. The van der Waals surface area contributed by atoms with Gasteiger partial charge in [0.15, 0.2) is 11.4 Å². The van der Waals surface area contributed by atoms with Gasteiger partial charge in [-0.3, -0.25) is 0 Å². The van der Waals surface area contributed by atoms with Crippen molar-refractivity contribution in [3.8, 4) is 34.1 Å². The Morgan fingerprint density at radius 1 is 0.360 bits per heavy atom. The van der Waals surface area contributed by atoms with Crippen LogP contribution in [0.2, 0.25) is 0 Å². The second kappa shape index (κ2) is 10.3. The van der Waals surface area contributed by atoms with E-state index in [9.17, 15) is 0 Å². The lowest BCUT2D eigenvalue weighted by molar-refractivity contribution is 0.619. The molecule has 0 aliphatic heterocycles. The minimum absolute atomic E-state index is 0.601. The summed E-state index contributed by atoms with van der Waals surface area (Å²) in [7, 11) is 0. The molecule has 8 aromatic carbocycles. The predicted molar refractivity (Wildman–Crippen MR) is 203 cm³/mol. The van der Waals surface area contributed by atoms with Gasteiger partial charge in [-0.25, -0.2) is 15.0 Å². The number of oxazole rings is 1. The van der Waals surface area contributed by atoms with E-state index in [1.807, 2.05) is 48.5 Å². The van der Waals surface area contributed by atoms with E-state index in [0.717, 1.165) is 98.6 Å². The Bertz CT molecular complexity index is 3140. The molecule has 3 aromatic heterocycles. The molecule has 0 bridgehead atoms. The highest BCUT2D eigenvalue weighted by molar-refractivity contribution is 6.21.